The summed E-state index contributed by atoms with van der Waals surface area (Å²) >= 11 is 1.81. The van der Waals surface area contributed by atoms with Gasteiger partial charge in [-0.3, -0.25) is 10.1 Å². The smallest absolute Gasteiger partial charge is 0.241 e. The van der Waals surface area contributed by atoms with E-state index in [0.717, 1.165) is 31.0 Å². The van der Waals surface area contributed by atoms with Gasteiger partial charge >= 0.3 is 0 Å². The van der Waals surface area contributed by atoms with Crippen molar-refractivity contribution in [3.05, 3.63) is 0 Å². The average molecular weight is 242 g/mol. The van der Waals surface area contributed by atoms with E-state index >= 15 is 0 Å². The number of carbonyl (C=O) groups is 1. The highest BCUT2D eigenvalue weighted by Crippen LogP contribution is 2.30. The van der Waals surface area contributed by atoms with Crippen molar-refractivity contribution < 1.29 is 9.53 Å². The standard InChI is InChI=1S/C11H18N2O2S/c14-11(8-6-16-7-12-8)13-4-5-15-10-3-1-2-9(10)13/h8-10,12H,1-7H2. The van der Waals surface area contributed by atoms with Crippen molar-refractivity contribution in [3.63, 3.8) is 0 Å². The minimum atomic E-state index is 0.0457. The number of nitrogens with zero attached hydrogens (tertiary/aromatic N) is 1. The molecule has 5 heteroatoms. The minimum absolute atomic E-state index is 0.0457. The number of rotatable bonds is 1. The first-order valence-electron chi connectivity index (χ1n) is 6.09. The fraction of sp³-hybridized carbons (Fsp3) is 0.909. The molecule has 1 aliphatic carbocycles. The molecule has 4 nitrogen and oxygen atoms in total. The Morgan fingerprint density at radius 2 is 2.38 bits per heavy atom. The zero-order valence-corrected chi connectivity index (χ0v) is 10.2. The van der Waals surface area contributed by atoms with Gasteiger partial charge in [0.2, 0.25) is 5.91 Å². The molecule has 0 radical (unpaired) electrons. The lowest BCUT2D eigenvalue weighted by Gasteiger charge is -2.38. The fourth-order valence-electron chi connectivity index (χ4n) is 2.95. The van der Waals surface area contributed by atoms with Crippen molar-refractivity contribution >= 4 is 17.7 Å². The van der Waals surface area contributed by atoms with Gasteiger partial charge in [-0.1, -0.05) is 0 Å². The summed E-state index contributed by atoms with van der Waals surface area (Å²) in [5, 5.41) is 3.26. The molecule has 90 valence electrons. The van der Waals surface area contributed by atoms with Crippen LogP contribution in [-0.2, 0) is 9.53 Å². The quantitative estimate of drug-likeness (QED) is 0.724. The molecule has 2 heterocycles. The van der Waals surface area contributed by atoms with Crippen LogP contribution in [0.15, 0.2) is 0 Å². The molecule has 0 aromatic carbocycles. The van der Waals surface area contributed by atoms with E-state index in [1.807, 2.05) is 11.8 Å². The number of amides is 1. The summed E-state index contributed by atoms with van der Waals surface area (Å²) in [6, 6.07) is 0.401. The van der Waals surface area contributed by atoms with Gasteiger partial charge in [0.05, 0.1) is 24.8 Å². The number of nitrogens with one attached hydrogen (secondary N) is 1. The van der Waals surface area contributed by atoms with Crippen LogP contribution in [0.1, 0.15) is 19.3 Å². The van der Waals surface area contributed by atoms with Crippen molar-refractivity contribution in [1.82, 2.24) is 10.2 Å². The lowest BCUT2D eigenvalue weighted by molar-refractivity contribution is -0.145. The molecule has 0 aromatic rings. The molecule has 3 unspecified atom stereocenters. The third-order valence-electron chi connectivity index (χ3n) is 3.78. The third-order valence-corrected chi connectivity index (χ3v) is 4.72. The van der Waals surface area contributed by atoms with Crippen molar-refractivity contribution in [1.29, 1.82) is 0 Å². The molecule has 0 aromatic heterocycles. The van der Waals surface area contributed by atoms with E-state index < -0.39 is 0 Å². The van der Waals surface area contributed by atoms with Crippen molar-refractivity contribution in [2.24, 2.45) is 0 Å². The molecule has 2 aliphatic heterocycles. The maximum absolute atomic E-state index is 12.3. The monoisotopic (exact) mass is 242 g/mol. The Kier molecular flexibility index (Phi) is 3.09. The van der Waals surface area contributed by atoms with Gasteiger partial charge in [-0.05, 0) is 19.3 Å². The topological polar surface area (TPSA) is 41.6 Å². The molecule has 16 heavy (non-hydrogen) atoms. The first kappa shape index (κ1) is 10.9. The Balaban J connectivity index is 1.70. The van der Waals surface area contributed by atoms with E-state index in [4.69, 9.17) is 4.74 Å². The molecule has 3 atom stereocenters. The maximum atomic E-state index is 12.3. The molecule has 3 rings (SSSR count). The van der Waals surface area contributed by atoms with E-state index in [0.29, 0.717) is 24.7 Å². The average Bonchev–Trinajstić information content (AvgIpc) is 2.98. The van der Waals surface area contributed by atoms with E-state index in [1.165, 1.54) is 6.42 Å². The highest BCUT2D eigenvalue weighted by atomic mass is 32.2. The van der Waals surface area contributed by atoms with E-state index in [2.05, 4.69) is 10.2 Å². The third kappa shape index (κ3) is 1.85. The van der Waals surface area contributed by atoms with Crippen LogP contribution in [0.2, 0.25) is 0 Å². The zero-order chi connectivity index (χ0) is 11.0. The summed E-state index contributed by atoms with van der Waals surface area (Å²) in [6.45, 7) is 1.50. The fourth-order valence-corrected chi connectivity index (χ4v) is 3.89. The molecule has 0 bridgehead atoms. The maximum Gasteiger partial charge on any atom is 0.241 e. The van der Waals surface area contributed by atoms with Gasteiger partial charge in [0, 0.05) is 18.2 Å². The molecule has 1 saturated carbocycles. The van der Waals surface area contributed by atoms with Crippen LogP contribution >= 0.6 is 11.8 Å². The van der Waals surface area contributed by atoms with Crippen LogP contribution in [-0.4, -0.2) is 53.8 Å². The number of carbonyl (C=O) groups excluding carboxylic acids is 1. The van der Waals surface area contributed by atoms with Crippen LogP contribution in [0.25, 0.3) is 0 Å². The first-order chi connectivity index (χ1) is 7.86. The number of morpholine rings is 1. The summed E-state index contributed by atoms with van der Waals surface area (Å²) in [5.74, 6) is 2.13. The number of ether oxygens (including phenoxy) is 1. The predicted octanol–water partition coefficient (Wildman–Crippen LogP) is 0.429. The highest BCUT2D eigenvalue weighted by Gasteiger charge is 2.40. The summed E-state index contributed by atoms with van der Waals surface area (Å²) < 4.78 is 5.73. The van der Waals surface area contributed by atoms with Gasteiger partial charge in [-0.15, -0.1) is 11.8 Å². The Labute approximate surface area is 100 Å². The molecule has 1 N–H and O–H groups in total. The Hall–Kier alpha value is -0.260. The van der Waals surface area contributed by atoms with Crippen LogP contribution in [0, 0.1) is 0 Å². The second-order valence-corrected chi connectivity index (χ2v) is 5.74. The van der Waals surface area contributed by atoms with Crippen LogP contribution in [0.5, 0.6) is 0 Å². The normalized spacial score (nSPS) is 38.8. The summed E-state index contributed by atoms with van der Waals surface area (Å²) in [5.41, 5.74) is 0. The van der Waals surface area contributed by atoms with Crippen LogP contribution in [0.3, 0.4) is 0 Å². The van der Waals surface area contributed by atoms with E-state index in [9.17, 15) is 4.79 Å². The van der Waals surface area contributed by atoms with E-state index in [-0.39, 0.29) is 6.04 Å². The second-order valence-electron chi connectivity index (χ2n) is 4.71. The molecule has 1 amide bonds. The van der Waals surface area contributed by atoms with Crippen molar-refractivity contribution in [2.45, 2.75) is 37.5 Å². The summed E-state index contributed by atoms with van der Waals surface area (Å²) in [6.07, 6.45) is 3.76. The van der Waals surface area contributed by atoms with Crippen LogP contribution < -0.4 is 5.32 Å². The Morgan fingerprint density at radius 1 is 1.44 bits per heavy atom. The van der Waals surface area contributed by atoms with Gasteiger partial charge in [-0.2, -0.15) is 0 Å². The SMILES string of the molecule is O=C(C1CSCN1)N1CCOC2CCCC21. The van der Waals surface area contributed by atoms with Gasteiger partial charge in [0.15, 0.2) is 0 Å². The first-order valence-corrected chi connectivity index (χ1v) is 7.25. The molecule has 2 saturated heterocycles. The largest absolute Gasteiger partial charge is 0.374 e. The van der Waals surface area contributed by atoms with Crippen molar-refractivity contribution in [3.8, 4) is 0 Å². The zero-order valence-electron chi connectivity index (χ0n) is 9.35. The predicted molar refractivity (Wildman–Crippen MR) is 63.3 cm³/mol. The van der Waals surface area contributed by atoms with Crippen molar-refractivity contribution in [2.75, 3.05) is 24.8 Å². The molecule has 0 spiro atoms. The van der Waals surface area contributed by atoms with Gasteiger partial charge in [-0.25, -0.2) is 0 Å². The van der Waals surface area contributed by atoms with Gasteiger partial charge in [0.25, 0.3) is 0 Å². The van der Waals surface area contributed by atoms with Gasteiger partial charge in [0.1, 0.15) is 0 Å². The highest BCUT2D eigenvalue weighted by molar-refractivity contribution is 7.99. The van der Waals surface area contributed by atoms with Crippen LogP contribution in [0.4, 0.5) is 0 Å². The summed E-state index contributed by atoms with van der Waals surface area (Å²) in [4.78, 5) is 14.4. The second kappa shape index (κ2) is 4.55. The summed E-state index contributed by atoms with van der Waals surface area (Å²) in [7, 11) is 0. The number of hydrogen-bond acceptors (Lipinski definition) is 4. The molecule has 3 fully saturated rings. The Morgan fingerprint density at radius 3 is 3.19 bits per heavy atom. The lowest BCUT2D eigenvalue weighted by Crippen LogP contribution is -2.56. The molecule has 3 aliphatic rings. The number of hydrogen-bond donors (Lipinski definition) is 1. The van der Waals surface area contributed by atoms with Gasteiger partial charge < -0.3 is 9.64 Å². The number of fused-ring (bicyclic) bond motifs is 1. The molecular weight excluding hydrogens is 224 g/mol. The van der Waals surface area contributed by atoms with E-state index in [1.54, 1.807) is 0 Å². The number of thioether (sulfide) groups is 1. The Bertz CT molecular complexity index is 281. The minimum Gasteiger partial charge on any atom is -0.374 e. The lowest BCUT2D eigenvalue weighted by atomic mass is 10.1. The molecular formula is C11H18N2O2S.